The van der Waals surface area contributed by atoms with Gasteiger partial charge in [0, 0.05) is 48.0 Å². The number of nitrogens with zero attached hydrogens (tertiary/aromatic N) is 5. The molecular weight excluding hydrogens is 534 g/mol. The Hall–Kier alpha value is -5.24. The number of ether oxygens (including phenoxy) is 1. The standard InChI is InChI=1S/C31H31N7O4/c1-19-11-12-21-22(8-4-10-24(21)36-28(39)31(2,3)18-32)26(19)42-27-23(9-5-14-33-27)25-13-15-34-29(37-25)35-20-7-6-16-38(17-20)30(40)41/h4-5,8-15,20H,6-7,16-17H2,1-3H3,(H,36,39)(H,40,41)(H,34,35,37)/t20-/m0/s1. The number of nitrogens with one attached hydrogen (secondary N) is 2. The lowest BCUT2D eigenvalue weighted by molar-refractivity contribution is -0.121. The van der Waals surface area contributed by atoms with Gasteiger partial charge in [-0.3, -0.25) is 4.79 Å². The second kappa shape index (κ2) is 11.7. The van der Waals surface area contributed by atoms with E-state index in [1.165, 1.54) is 4.90 Å². The van der Waals surface area contributed by atoms with Crippen LogP contribution in [0, 0.1) is 23.7 Å². The molecule has 0 aliphatic carbocycles. The van der Waals surface area contributed by atoms with Gasteiger partial charge < -0.3 is 25.4 Å². The predicted molar refractivity (Wildman–Crippen MR) is 158 cm³/mol. The van der Waals surface area contributed by atoms with Crippen molar-refractivity contribution in [2.75, 3.05) is 23.7 Å². The highest BCUT2D eigenvalue weighted by Gasteiger charge is 2.28. The van der Waals surface area contributed by atoms with E-state index in [1.807, 2.05) is 43.3 Å². The molecule has 2 amide bonds. The maximum Gasteiger partial charge on any atom is 0.407 e. The molecule has 0 radical (unpaired) electrons. The quantitative estimate of drug-likeness (QED) is 0.251. The molecule has 42 heavy (non-hydrogen) atoms. The number of hydrogen-bond donors (Lipinski definition) is 3. The predicted octanol–water partition coefficient (Wildman–Crippen LogP) is 5.84. The molecule has 2 aromatic carbocycles. The Morgan fingerprint density at radius 2 is 1.93 bits per heavy atom. The molecule has 3 heterocycles. The summed E-state index contributed by atoms with van der Waals surface area (Å²) >= 11 is 0. The van der Waals surface area contributed by atoms with Crippen LogP contribution in [0.2, 0.25) is 0 Å². The molecule has 0 bridgehead atoms. The fourth-order valence-electron chi connectivity index (χ4n) is 4.81. The molecule has 1 fully saturated rings. The molecule has 5 rings (SSSR count). The number of carbonyl (C=O) groups excluding carboxylic acids is 1. The molecule has 214 valence electrons. The number of aromatic nitrogens is 3. The number of nitriles is 1. The zero-order chi connectivity index (χ0) is 29.9. The van der Waals surface area contributed by atoms with E-state index in [9.17, 15) is 20.0 Å². The van der Waals surface area contributed by atoms with E-state index in [1.54, 1.807) is 44.4 Å². The summed E-state index contributed by atoms with van der Waals surface area (Å²) in [6, 6.07) is 16.7. The van der Waals surface area contributed by atoms with E-state index < -0.39 is 17.4 Å². The van der Waals surface area contributed by atoms with E-state index in [4.69, 9.17) is 4.74 Å². The molecule has 1 aliphatic rings. The van der Waals surface area contributed by atoms with Crippen LogP contribution >= 0.6 is 0 Å². The van der Waals surface area contributed by atoms with E-state index in [-0.39, 0.29) is 6.04 Å². The molecule has 0 saturated carbocycles. The second-order valence-corrected chi connectivity index (χ2v) is 10.7. The SMILES string of the molecule is Cc1ccc2c(NC(=O)C(C)(C)C#N)cccc2c1Oc1ncccc1-c1ccnc(N[C@H]2CCCN(C(=O)O)C2)n1. The number of aryl methyl sites for hydroxylation is 1. The first-order valence-electron chi connectivity index (χ1n) is 13.6. The van der Waals surface area contributed by atoms with E-state index in [0.717, 1.165) is 29.2 Å². The Bertz CT molecular complexity index is 1700. The minimum absolute atomic E-state index is 0.0959. The van der Waals surface area contributed by atoms with Crippen LogP contribution in [0.15, 0.2) is 60.9 Å². The molecule has 0 spiro atoms. The lowest BCUT2D eigenvalue weighted by Crippen LogP contribution is -2.44. The number of likely N-dealkylation sites (tertiary alicyclic amines) is 1. The zero-order valence-electron chi connectivity index (χ0n) is 23.6. The minimum Gasteiger partial charge on any atom is -0.465 e. The lowest BCUT2D eigenvalue weighted by Gasteiger charge is -2.31. The maximum atomic E-state index is 12.7. The smallest absolute Gasteiger partial charge is 0.407 e. The average Bonchev–Trinajstić information content (AvgIpc) is 2.99. The van der Waals surface area contributed by atoms with Crippen LogP contribution in [0.25, 0.3) is 22.0 Å². The van der Waals surface area contributed by atoms with Gasteiger partial charge in [-0.2, -0.15) is 5.26 Å². The van der Waals surface area contributed by atoms with E-state index >= 15 is 0 Å². The van der Waals surface area contributed by atoms with Gasteiger partial charge in [-0.05, 0) is 63.4 Å². The molecule has 1 atom stereocenters. The topological polar surface area (TPSA) is 153 Å². The number of piperidine rings is 1. The number of fused-ring (bicyclic) bond motifs is 1. The van der Waals surface area contributed by atoms with Crippen molar-refractivity contribution in [1.29, 1.82) is 5.26 Å². The van der Waals surface area contributed by atoms with Gasteiger partial charge in [0.15, 0.2) is 0 Å². The molecule has 2 aromatic heterocycles. The van der Waals surface area contributed by atoms with Gasteiger partial charge in [-0.1, -0.05) is 24.3 Å². The highest BCUT2D eigenvalue weighted by atomic mass is 16.5. The fraction of sp³-hybridized carbons (Fsp3) is 0.290. The van der Waals surface area contributed by atoms with Gasteiger partial charge in [-0.25, -0.2) is 19.7 Å². The second-order valence-electron chi connectivity index (χ2n) is 10.7. The Kier molecular flexibility index (Phi) is 7.88. The Balaban J connectivity index is 1.45. The average molecular weight is 566 g/mol. The number of benzene rings is 2. The highest BCUT2D eigenvalue weighted by molar-refractivity contribution is 6.06. The van der Waals surface area contributed by atoms with Crippen molar-refractivity contribution in [3.63, 3.8) is 0 Å². The largest absolute Gasteiger partial charge is 0.465 e. The first-order valence-corrected chi connectivity index (χ1v) is 13.6. The normalized spacial score (nSPS) is 15.1. The molecule has 11 nitrogen and oxygen atoms in total. The van der Waals surface area contributed by atoms with Crippen LogP contribution in [0.5, 0.6) is 11.6 Å². The van der Waals surface area contributed by atoms with Crippen LogP contribution in [-0.4, -0.2) is 56.1 Å². The Labute approximate surface area is 243 Å². The third-order valence-corrected chi connectivity index (χ3v) is 7.23. The van der Waals surface area contributed by atoms with Crippen LogP contribution in [0.4, 0.5) is 16.4 Å². The van der Waals surface area contributed by atoms with Crippen LogP contribution < -0.4 is 15.4 Å². The number of amides is 2. The highest BCUT2D eigenvalue weighted by Crippen LogP contribution is 2.39. The first kappa shape index (κ1) is 28.3. The zero-order valence-corrected chi connectivity index (χ0v) is 23.6. The van der Waals surface area contributed by atoms with Crippen molar-refractivity contribution in [3.05, 3.63) is 66.5 Å². The molecule has 3 N–H and O–H groups in total. The van der Waals surface area contributed by atoms with Gasteiger partial charge in [-0.15, -0.1) is 0 Å². The molecule has 0 unspecified atom stereocenters. The van der Waals surface area contributed by atoms with Crippen molar-refractivity contribution >= 4 is 34.4 Å². The number of hydrogen-bond acceptors (Lipinski definition) is 8. The van der Waals surface area contributed by atoms with Crippen molar-refractivity contribution in [2.45, 2.75) is 39.7 Å². The molecule has 1 saturated heterocycles. The number of rotatable bonds is 7. The lowest BCUT2D eigenvalue weighted by atomic mass is 9.94. The summed E-state index contributed by atoms with van der Waals surface area (Å²) < 4.78 is 6.46. The molecule has 4 aromatic rings. The number of carbonyl (C=O) groups is 2. The summed E-state index contributed by atoms with van der Waals surface area (Å²) in [6.45, 7) is 5.95. The fourth-order valence-corrected chi connectivity index (χ4v) is 4.81. The van der Waals surface area contributed by atoms with E-state index in [0.29, 0.717) is 47.6 Å². The molecule has 1 aliphatic heterocycles. The van der Waals surface area contributed by atoms with E-state index in [2.05, 4.69) is 25.6 Å². The summed E-state index contributed by atoms with van der Waals surface area (Å²) in [5, 5.41) is 26.4. The van der Waals surface area contributed by atoms with Crippen molar-refractivity contribution in [2.24, 2.45) is 5.41 Å². The Morgan fingerprint density at radius 1 is 1.10 bits per heavy atom. The molecular formula is C31H31N7O4. The Morgan fingerprint density at radius 3 is 2.71 bits per heavy atom. The van der Waals surface area contributed by atoms with Crippen molar-refractivity contribution in [1.82, 2.24) is 19.9 Å². The summed E-state index contributed by atoms with van der Waals surface area (Å²) in [7, 11) is 0. The number of pyridine rings is 1. The summed E-state index contributed by atoms with van der Waals surface area (Å²) in [5.74, 6) is 0.908. The van der Waals surface area contributed by atoms with Gasteiger partial charge in [0.1, 0.15) is 11.2 Å². The monoisotopic (exact) mass is 565 g/mol. The van der Waals surface area contributed by atoms with Crippen molar-refractivity contribution in [3.8, 4) is 29.0 Å². The van der Waals surface area contributed by atoms with Crippen molar-refractivity contribution < 1.29 is 19.4 Å². The van der Waals surface area contributed by atoms with Crippen LogP contribution in [0.3, 0.4) is 0 Å². The maximum absolute atomic E-state index is 12.7. The molecule has 11 heteroatoms. The summed E-state index contributed by atoms with van der Waals surface area (Å²) in [4.78, 5) is 39.1. The minimum atomic E-state index is -1.19. The third kappa shape index (κ3) is 5.93. The van der Waals surface area contributed by atoms with Gasteiger partial charge in [0.2, 0.25) is 17.7 Å². The number of carboxylic acid groups (broad SMARTS) is 1. The third-order valence-electron chi connectivity index (χ3n) is 7.23. The first-order chi connectivity index (χ1) is 20.2. The van der Waals surface area contributed by atoms with Crippen LogP contribution in [0.1, 0.15) is 32.3 Å². The van der Waals surface area contributed by atoms with Gasteiger partial charge in [0.05, 0.1) is 17.3 Å². The van der Waals surface area contributed by atoms with Gasteiger partial charge in [0.25, 0.3) is 0 Å². The number of anilines is 2. The van der Waals surface area contributed by atoms with Gasteiger partial charge >= 0.3 is 6.09 Å². The summed E-state index contributed by atoms with van der Waals surface area (Å²) in [6.07, 6.45) is 3.92. The van der Waals surface area contributed by atoms with Crippen LogP contribution in [-0.2, 0) is 4.79 Å². The summed E-state index contributed by atoms with van der Waals surface area (Å²) in [5.41, 5.74) is 1.49.